The molecule has 3 aromatic heterocycles. The van der Waals surface area contributed by atoms with Crippen LogP contribution in [0.15, 0.2) is 95.4 Å². The largest absolute Gasteiger partial charge is 0.285 e. The van der Waals surface area contributed by atoms with Crippen LogP contribution in [-0.2, 0) is 0 Å². The van der Waals surface area contributed by atoms with Crippen molar-refractivity contribution in [3.63, 3.8) is 0 Å². The van der Waals surface area contributed by atoms with Crippen molar-refractivity contribution in [2.45, 2.75) is 6.92 Å². The second kappa shape index (κ2) is 9.82. The SMILES string of the molecule is Cc1nc(-c2ccccc2)sc1C(=O)c1nn(-c2ccccc2)/c(=N/N=C/c2ccncc2)s1. The molecule has 0 aliphatic heterocycles. The molecular formula is C25H18N6OS2. The summed E-state index contributed by atoms with van der Waals surface area (Å²) in [6, 6.07) is 23.1. The summed E-state index contributed by atoms with van der Waals surface area (Å²) in [5.74, 6) is -0.175. The molecule has 0 atom stereocenters. The van der Waals surface area contributed by atoms with Crippen molar-refractivity contribution in [2.75, 3.05) is 0 Å². The smallest absolute Gasteiger partial charge is 0.235 e. The molecule has 0 unspecified atom stereocenters. The van der Waals surface area contributed by atoms with Gasteiger partial charge < -0.3 is 0 Å². The number of ketones is 1. The van der Waals surface area contributed by atoms with Crippen LogP contribution in [0.5, 0.6) is 0 Å². The van der Waals surface area contributed by atoms with Crippen LogP contribution in [0, 0.1) is 6.92 Å². The van der Waals surface area contributed by atoms with Crippen LogP contribution < -0.4 is 4.80 Å². The molecule has 2 aromatic carbocycles. The molecule has 5 aromatic rings. The highest BCUT2D eigenvalue weighted by Gasteiger charge is 2.22. The number of hydrogen-bond acceptors (Lipinski definition) is 8. The van der Waals surface area contributed by atoms with Gasteiger partial charge in [0.05, 0.1) is 17.6 Å². The Morgan fingerprint density at radius 2 is 1.65 bits per heavy atom. The molecule has 166 valence electrons. The first-order valence-corrected chi connectivity index (χ1v) is 12.0. The van der Waals surface area contributed by atoms with Crippen LogP contribution in [0.1, 0.15) is 25.9 Å². The summed E-state index contributed by atoms with van der Waals surface area (Å²) in [4.78, 5) is 23.1. The van der Waals surface area contributed by atoms with E-state index in [1.807, 2.05) is 79.7 Å². The van der Waals surface area contributed by atoms with E-state index >= 15 is 0 Å². The molecule has 5 rings (SSSR count). The van der Waals surface area contributed by atoms with E-state index in [1.54, 1.807) is 23.3 Å². The molecular weight excluding hydrogens is 464 g/mol. The zero-order valence-corrected chi connectivity index (χ0v) is 19.7. The summed E-state index contributed by atoms with van der Waals surface area (Å²) < 4.78 is 1.64. The van der Waals surface area contributed by atoms with Crippen molar-refractivity contribution in [2.24, 2.45) is 10.2 Å². The summed E-state index contributed by atoms with van der Waals surface area (Å²) in [6.07, 6.45) is 5.02. The highest BCUT2D eigenvalue weighted by atomic mass is 32.1. The maximum absolute atomic E-state index is 13.4. The number of para-hydroxylation sites is 1. The number of thiazole rings is 1. The number of hydrogen-bond donors (Lipinski definition) is 0. The van der Waals surface area contributed by atoms with Crippen LogP contribution in [-0.4, -0.2) is 31.7 Å². The van der Waals surface area contributed by atoms with Crippen LogP contribution in [0.2, 0.25) is 0 Å². The van der Waals surface area contributed by atoms with Crippen molar-refractivity contribution in [1.82, 2.24) is 19.7 Å². The lowest BCUT2D eigenvalue weighted by atomic mass is 10.2. The zero-order valence-electron chi connectivity index (χ0n) is 18.1. The topological polar surface area (TPSA) is 85.4 Å². The van der Waals surface area contributed by atoms with Gasteiger partial charge in [-0.1, -0.05) is 59.9 Å². The number of carbonyl (C=O) groups is 1. The molecule has 0 amide bonds. The monoisotopic (exact) mass is 482 g/mol. The molecule has 9 heteroatoms. The standard InChI is InChI=1S/C25H18N6OS2/c1-17-22(33-23(28-17)19-8-4-2-5-9-19)21(32)24-30-31(20-10-6-3-7-11-20)25(34-24)29-27-16-18-12-14-26-15-13-18/h2-16H,1H3/b27-16+,29-25-. The van der Waals surface area contributed by atoms with E-state index in [9.17, 15) is 4.79 Å². The van der Waals surface area contributed by atoms with E-state index in [1.165, 1.54) is 22.7 Å². The lowest BCUT2D eigenvalue weighted by Crippen LogP contribution is -2.14. The van der Waals surface area contributed by atoms with Crippen molar-refractivity contribution in [1.29, 1.82) is 0 Å². The molecule has 0 radical (unpaired) electrons. The van der Waals surface area contributed by atoms with Gasteiger partial charge in [-0.3, -0.25) is 9.78 Å². The second-order valence-corrected chi connectivity index (χ2v) is 9.15. The lowest BCUT2D eigenvalue weighted by Gasteiger charge is -1.99. The molecule has 0 bridgehead atoms. The molecule has 0 saturated carbocycles. The zero-order chi connectivity index (χ0) is 23.3. The Labute approximate surface area is 203 Å². The number of aromatic nitrogens is 4. The van der Waals surface area contributed by atoms with Crippen LogP contribution in [0.4, 0.5) is 0 Å². The average molecular weight is 483 g/mol. The third-order valence-electron chi connectivity index (χ3n) is 4.83. The molecule has 3 heterocycles. The minimum Gasteiger partial charge on any atom is -0.285 e. The van der Waals surface area contributed by atoms with E-state index in [4.69, 9.17) is 0 Å². The second-order valence-electron chi connectivity index (χ2n) is 7.19. The predicted octanol–water partition coefficient (Wildman–Crippen LogP) is 4.93. The lowest BCUT2D eigenvalue weighted by molar-refractivity contribution is 0.104. The van der Waals surface area contributed by atoms with Gasteiger partial charge in [0.1, 0.15) is 9.88 Å². The molecule has 34 heavy (non-hydrogen) atoms. The molecule has 0 saturated heterocycles. The number of pyridine rings is 1. The first kappa shape index (κ1) is 21.7. The number of nitrogens with zero attached hydrogens (tertiary/aromatic N) is 6. The molecule has 0 N–H and O–H groups in total. The van der Waals surface area contributed by atoms with Gasteiger partial charge in [-0.15, -0.1) is 16.4 Å². The summed E-state index contributed by atoms with van der Waals surface area (Å²) in [5, 5.41) is 14.3. The van der Waals surface area contributed by atoms with Crippen LogP contribution >= 0.6 is 22.7 Å². The van der Waals surface area contributed by atoms with Gasteiger partial charge >= 0.3 is 0 Å². The van der Waals surface area contributed by atoms with E-state index in [-0.39, 0.29) is 5.78 Å². The van der Waals surface area contributed by atoms with Crippen LogP contribution in [0.3, 0.4) is 0 Å². The number of carbonyl (C=O) groups excluding carboxylic acids is 1. The van der Waals surface area contributed by atoms with E-state index < -0.39 is 0 Å². The van der Waals surface area contributed by atoms with Gasteiger partial charge in [-0.2, -0.15) is 10.2 Å². The van der Waals surface area contributed by atoms with Gasteiger partial charge in [-0.25, -0.2) is 9.67 Å². The Balaban J connectivity index is 1.54. The van der Waals surface area contributed by atoms with Gasteiger partial charge in [0.15, 0.2) is 5.01 Å². The quantitative estimate of drug-likeness (QED) is 0.195. The predicted molar refractivity (Wildman–Crippen MR) is 135 cm³/mol. The Bertz CT molecular complexity index is 1520. The molecule has 7 nitrogen and oxygen atoms in total. The maximum atomic E-state index is 13.4. The molecule has 0 spiro atoms. The van der Waals surface area contributed by atoms with Gasteiger partial charge in [0, 0.05) is 18.0 Å². The van der Waals surface area contributed by atoms with Crippen LogP contribution in [0.25, 0.3) is 16.3 Å². The van der Waals surface area contributed by atoms with Gasteiger partial charge in [0.2, 0.25) is 10.6 Å². The minimum absolute atomic E-state index is 0.175. The molecule has 0 fully saturated rings. The third-order valence-corrected chi connectivity index (χ3v) is 6.94. The Kier molecular flexibility index (Phi) is 6.28. The maximum Gasteiger partial charge on any atom is 0.235 e. The summed E-state index contributed by atoms with van der Waals surface area (Å²) in [5.41, 5.74) is 3.33. The van der Waals surface area contributed by atoms with Crippen molar-refractivity contribution in [3.05, 3.63) is 111 Å². The Morgan fingerprint density at radius 3 is 2.38 bits per heavy atom. The highest BCUT2D eigenvalue weighted by Crippen LogP contribution is 2.29. The fraction of sp³-hybridized carbons (Fsp3) is 0.0400. The fourth-order valence-electron chi connectivity index (χ4n) is 3.18. The number of benzene rings is 2. The Morgan fingerprint density at radius 1 is 0.941 bits per heavy atom. The summed E-state index contributed by atoms with van der Waals surface area (Å²) >= 11 is 2.57. The van der Waals surface area contributed by atoms with Crippen molar-refractivity contribution >= 4 is 34.7 Å². The first-order chi connectivity index (χ1) is 16.7. The average Bonchev–Trinajstić information content (AvgIpc) is 3.49. The van der Waals surface area contributed by atoms with E-state index in [2.05, 4.69) is 25.3 Å². The Hall–Kier alpha value is -4.08. The summed E-state index contributed by atoms with van der Waals surface area (Å²) in [7, 11) is 0. The number of rotatable bonds is 6. The van der Waals surface area contributed by atoms with Crippen molar-refractivity contribution in [3.8, 4) is 16.3 Å². The van der Waals surface area contributed by atoms with E-state index in [0.717, 1.165) is 21.8 Å². The number of aryl methyl sites for hydroxylation is 1. The van der Waals surface area contributed by atoms with Gasteiger partial charge in [0.25, 0.3) is 0 Å². The van der Waals surface area contributed by atoms with Gasteiger partial charge in [-0.05, 0) is 36.8 Å². The molecule has 0 aliphatic carbocycles. The van der Waals surface area contributed by atoms with Crippen molar-refractivity contribution < 1.29 is 4.79 Å². The van der Waals surface area contributed by atoms with E-state index in [0.29, 0.717) is 20.4 Å². The molecule has 0 aliphatic rings. The third kappa shape index (κ3) is 4.66. The highest BCUT2D eigenvalue weighted by molar-refractivity contribution is 7.18. The first-order valence-electron chi connectivity index (χ1n) is 10.4. The fourth-order valence-corrected chi connectivity index (χ4v) is 5.07. The minimum atomic E-state index is -0.175. The normalized spacial score (nSPS) is 11.9. The summed E-state index contributed by atoms with van der Waals surface area (Å²) in [6.45, 7) is 1.85.